The molecule has 8 heteroatoms. The smallest absolute Gasteiger partial charge is 0.387 e. The van der Waals surface area contributed by atoms with E-state index in [1.807, 2.05) is 0 Å². The number of alkyl halides is 2. The molecule has 1 aromatic carbocycles. The Morgan fingerprint density at radius 2 is 2.00 bits per heavy atom. The number of aliphatic carboxylic acids is 1. The average molecular weight is 343 g/mol. The van der Waals surface area contributed by atoms with Crippen molar-refractivity contribution in [3.8, 4) is 5.75 Å². The van der Waals surface area contributed by atoms with E-state index >= 15 is 0 Å². The van der Waals surface area contributed by atoms with Gasteiger partial charge in [0, 0.05) is 5.56 Å². The van der Waals surface area contributed by atoms with E-state index in [0.717, 1.165) is 0 Å². The summed E-state index contributed by atoms with van der Waals surface area (Å²) in [6.45, 7) is -1.17. The van der Waals surface area contributed by atoms with Crippen LogP contribution in [0.4, 0.5) is 8.78 Å². The third kappa shape index (κ3) is 4.41. The molecule has 0 aromatic heterocycles. The Bertz CT molecular complexity index is 596. The van der Waals surface area contributed by atoms with Gasteiger partial charge >= 0.3 is 12.6 Å². The molecule has 2 N–H and O–H groups in total. The van der Waals surface area contributed by atoms with Crippen LogP contribution in [0.5, 0.6) is 5.75 Å². The van der Waals surface area contributed by atoms with Crippen molar-refractivity contribution >= 4 is 11.9 Å². The predicted octanol–water partition coefficient (Wildman–Crippen LogP) is 2.49. The van der Waals surface area contributed by atoms with E-state index < -0.39 is 36.7 Å². The second kappa shape index (κ2) is 8.05. The summed E-state index contributed by atoms with van der Waals surface area (Å²) in [7, 11) is 0. The summed E-state index contributed by atoms with van der Waals surface area (Å²) < 4.78 is 34.7. The number of nitrogens with one attached hydrogen (secondary N) is 1. The molecule has 1 heterocycles. The fourth-order valence-corrected chi connectivity index (χ4v) is 2.65. The second-order valence-electron chi connectivity index (χ2n) is 5.41. The third-order valence-corrected chi connectivity index (χ3v) is 3.82. The molecule has 2 rings (SSSR count). The normalized spacial score (nSPS) is 21.5. The van der Waals surface area contributed by atoms with Crippen LogP contribution in [-0.2, 0) is 14.3 Å². The molecule has 1 fully saturated rings. The van der Waals surface area contributed by atoms with Crippen molar-refractivity contribution in [2.24, 2.45) is 0 Å². The summed E-state index contributed by atoms with van der Waals surface area (Å²) >= 11 is 0. The van der Waals surface area contributed by atoms with E-state index in [1.165, 1.54) is 6.07 Å². The fraction of sp³-hybridized carbons (Fsp3) is 0.500. The van der Waals surface area contributed by atoms with Crippen molar-refractivity contribution in [2.45, 2.75) is 51.0 Å². The highest BCUT2D eigenvalue weighted by atomic mass is 19.3. The Labute approximate surface area is 137 Å². The molecule has 1 saturated heterocycles. The van der Waals surface area contributed by atoms with Gasteiger partial charge in [-0.05, 0) is 25.3 Å². The maximum atomic E-state index is 12.5. The molecule has 0 bridgehead atoms. The summed E-state index contributed by atoms with van der Waals surface area (Å²) in [5, 5.41) is 11.6. The first-order chi connectivity index (χ1) is 11.4. The fourth-order valence-electron chi connectivity index (χ4n) is 2.65. The number of amides is 1. The van der Waals surface area contributed by atoms with Gasteiger partial charge in [-0.3, -0.25) is 4.79 Å². The van der Waals surface area contributed by atoms with Crippen LogP contribution in [0.25, 0.3) is 0 Å². The zero-order valence-corrected chi connectivity index (χ0v) is 13.1. The number of rotatable bonds is 7. The first kappa shape index (κ1) is 18.1. The lowest BCUT2D eigenvalue weighted by Gasteiger charge is -2.22. The Kier molecular flexibility index (Phi) is 6.08. The largest absolute Gasteiger partial charge is 0.479 e. The quantitative estimate of drug-likeness (QED) is 0.794. The standard InChI is InChI=1S/C16H19F2NO5/c1-2-10(9-5-3-4-6-11(9)24-16(17)18)19-14(20)12-7-8-13(23-12)15(21)22/h3-6,10,12-13,16H,2,7-8H2,1H3,(H,19,20)(H,21,22)/t10?,12-,13+/m0/s1. The number of hydrogen-bond acceptors (Lipinski definition) is 4. The van der Waals surface area contributed by atoms with Crippen LogP contribution in [-0.4, -0.2) is 35.8 Å². The van der Waals surface area contributed by atoms with Crippen LogP contribution in [0.3, 0.4) is 0 Å². The highest BCUT2D eigenvalue weighted by Crippen LogP contribution is 2.29. The minimum absolute atomic E-state index is 0.00426. The molecule has 1 aliphatic heterocycles. The summed E-state index contributed by atoms with van der Waals surface area (Å²) in [6.07, 6.45) is -0.840. The van der Waals surface area contributed by atoms with Gasteiger partial charge in [-0.15, -0.1) is 0 Å². The Balaban J connectivity index is 2.07. The number of carboxylic acids is 1. The van der Waals surface area contributed by atoms with Gasteiger partial charge in [0.15, 0.2) is 6.10 Å². The predicted molar refractivity (Wildman–Crippen MR) is 79.8 cm³/mol. The number of halogens is 2. The van der Waals surface area contributed by atoms with E-state index in [4.69, 9.17) is 9.84 Å². The van der Waals surface area contributed by atoms with Crippen LogP contribution < -0.4 is 10.1 Å². The van der Waals surface area contributed by atoms with Gasteiger partial charge in [0.2, 0.25) is 5.91 Å². The zero-order chi connectivity index (χ0) is 17.7. The van der Waals surface area contributed by atoms with Gasteiger partial charge in [-0.1, -0.05) is 25.1 Å². The monoisotopic (exact) mass is 343 g/mol. The van der Waals surface area contributed by atoms with Gasteiger partial charge in [0.05, 0.1) is 6.04 Å². The lowest BCUT2D eigenvalue weighted by atomic mass is 10.0. The van der Waals surface area contributed by atoms with Crippen molar-refractivity contribution in [1.29, 1.82) is 0 Å². The molecular formula is C16H19F2NO5. The van der Waals surface area contributed by atoms with Crippen LogP contribution in [0.1, 0.15) is 37.8 Å². The molecule has 0 radical (unpaired) electrons. The number of para-hydroxylation sites is 1. The zero-order valence-electron chi connectivity index (χ0n) is 13.1. The lowest BCUT2D eigenvalue weighted by Crippen LogP contribution is -2.38. The highest BCUT2D eigenvalue weighted by molar-refractivity contribution is 5.83. The van der Waals surface area contributed by atoms with Gasteiger partial charge in [0.25, 0.3) is 0 Å². The number of ether oxygens (including phenoxy) is 2. The van der Waals surface area contributed by atoms with Gasteiger partial charge in [-0.2, -0.15) is 8.78 Å². The van der Waals surface area contributed by atoms with E-state index in [1.54, 1.807) is 25.1 Å². The molecule has 132 valence electrons. The third-order valence-electron chi connectivity index (χ3n) is 3.82. The topological polar surface area (TPSA) is 84.9 Å². The molecule has 0 saturated carbocycles. The molecule has 3 atom stereocenters. The van der Waals surface area contributed by atoms with Gasteiger partial charge < -0.3 is 19.9 Å². The summed E-state index contributed by atoms with van der Waals surface area (Å²) in [4.78, 5) is 23.1. The van der Waals surface area contributed by atoms with Gasteiger partial charge in [-0.25, -0.2) is 4.79 Å². The van der Waals surface area contributed by atoms with Crippen molar-refractivity contribution in [1.82, 2.24) is 5.32 Å². The van der Waals surface area contributed by atoms with Crippen LogP contribution >= 0.6 is 0 Å². The summed E-state index contributed by atoms with van der Waals surface area (Å²) in [5.41, 5.74) is 0.432. The van der Waals surface area contributed by atoms with E-state index in [9.17, 15) is 18.4 Å². The molecule has 1 amide bonds. The maximum absolute atomic E-state index is 12.5. The molecule has 1 unspecified atom stereocenters. The molecule has 0 spiro atoms. The maximum Gasteiger partial charge on any atom is 0.387 e. The molecule has 1 aromatic rings. The lowest BCUT2D eigenvalue weighted by molar-refractivity contribution is -0.151. The van der Waals surface area contributed by atoms with E-state index in [2.05, 4.69) is 10.1 Å². The number of hydrogen-bond donors (Lipinski definition) is 2. The molecule has 6 nitrogen and oxygen atoms in total. The Morgan fingerprint density at radius 1 is 1.33 bits per heavy atom. The molecule has 24 heavy (non-hydrogen) atoms. The molecular weight excluding hydrogens is 324 g/mol. The van der Waals surface area contributed by atoms with Crippen molar-refractivity contribution in [3.05, 3.63) is 29.8 Å². The van der Waals surface area contributed by atoms with Crippen LogP contribution in [0.2, 0.25) is 0 Å². The molecule has 0 aliphatic carbocycles. The summed E-state index contributed by atoms with van der Waals surface area (Å²) in [6, 6.07) is 5.69. The number of carboxylic acid groups (broad SMARTS) is 1. The van der Waals surface area contributed by atoms with Crippen molar-refractivity contribution in [2.75, 3.05) is 0 Å². The number of carbonyl (C=O) groups is 2. The number of carbonyl (C=O) groups excluding carboxylic acids is 1. The number of benzene rings is 1. The molecule has 1 aliphatic rings. The van der Waals surface area contributed by atoms with E-state index in [-0.39, 0.29) is 12.2 Å². The minimum Gasteiger partial charge on any atom is -0.479 e. The summed E-state index contributed by atoms with van der Waals surface area (Å²) in [5.74, 6) is -1.57. The van der Waals surface area contributed by atoms with Crippen LogP contribution in [0, 0.1) is 0 Å². The SMILES string of the molecule is CCC(NC(=O)[C@@H]1CC[C@H](C(=O)O)O1)c1ccccc1OC(F)F. The van der Waals surface area contributed by atoms with Crippen LogP contribution in [0.15, 0.2) is 24.3 Å². The highest BCUT2D eigenvalue weighted by Gasteiger charge is 2.35. The second-order valence-corrected chi connectivity index (χ2v) is 5.41. The van der Waals surface area contributed by atoms with E-state index in [0.29, 0.717) is 18.4 Å². The van der Waals surface area contributed by atoms with Crippen molar-refractivity contribution in [3.63, 3.8) is 0 Å². The van der Waals surface area contributed by atoms with Gasteiger partial charge in [0.1, 0.15) is 11.9 Å². The Morgan fingerprint density at radius 3 is 2.58 bits per heavy atom. The first-order valence-corrected chi connectivity index (χ1v) is 7.64. The minimum atomic E-state index is -2.96. The first-order valence-electron chi connectivity index (χ1n) is 7.64. The Hall–Kier alpha value is -2.22. The average Bonchev–Trinajstić information content (AvgIpc) is 3.03. The van der Waals surface area contributed by atoms with Crippen molar-refractivity contribution < 1.29 is 33.0 Å².